The number of esters is 1. The third-order valence-electron chi connectivity index (χ3n) is 3.58. The Labute approximate surface area is 161 Å². The number of carbonyl (C=O) groups excluding carboxylic acids is 1. The molecule has 0 fully saturated rings. The van der Waals surface area contributed by atoms with Crippen LogP contribution in [0.1, 0.15) is 23.2 Å². The third-order valence-corrected chi connectivity index (χ3v) is 5.37. The van der Waals surface area contributed by atoms with Crippen LogP contribution in [-0.4, -0.2) is 20.6 Å². The molecular formula is C19H13N3O3S2. The highest BCUT2D eigenvalue weighted by Crippen LogP contribution is 2.14. The second kappa shape index (κ2) is 7.26. The van der Waals surface area contributed by atoms with Crippen molar-refractivity contribution >= 4 is 51.8 Å². The molecule has 6 nitrogen and oxygen atoms in total. The van der Waals surface area contributed by atoms with E-state index >= 15 is 0 Å². The van der Waals surface area contributed by atoms with Crippen LogP contribution >= 0.6 is 22.7 Å². The summed E-state index contributed by atoms with van der Waals surface area (Å²) in [4.78, 5) is 29.5. The minimum atomic E-state index is -0.372. The zero-order valence-electron chi connectivity index (χ0n) is 14.2. The molecule has 0 aliphatic heterocycles. The maximum atomic E-state index is 12.5. The summed E-state index contributed by atoms with van der Waals surface area (Å²) in [5, 5.41) is 6.26. The van der Waals surface area contributed by atoms with Gasteiger partial charge in [-0.05, 0) is 47.4 Å². The molecule has 0 atom stereocenters. The molecule has 1 aromatic carbocycles. The number of hydrogen-bond donors (Lipinski definition) is 0. The minimum Gasteiger partial charge on any atom is -0.427 e. The zero-order chi connectivity index (χ0) is 18.8. The van der Waals surface area contributed by atoms with Crippen molar-refractivity contribution in [3.05, 3.63) is 72.9 Å². The van der Waals surface area contributed by atoms with E-state index < -0.39 is 0 Å². The van der Waals surface area contributed by atoms with Crippen molar-refractivity contribution in [3.8, 4) is 5.75 Å². The molecule has 4 aromatic rings. The van der Waals surface area contributed by atoms with Crippen molar-refractivity contribution in [1.29, 1.82) is 0 Å². The number of benzene rings is 1. The Morgan fingerprint density at radius 3 is 2.67 bits per heavy atom. The highest BCUT2D eigenvalue weighted by atomic mass is 32.1. The van der Waals surface area contributed by atoms with E-state index in [-0.39, 0.29) is 11.5 Å². The Morgan fingerprint density at radius 2 is 2.00 bits per heavy atom. The molecule has 0 saturated carbocycles. The molecule has 4 rings (SSSR count). The van der Waals surface area contributed by atoms with Gasteiger partial charge in [-0.3, -0.25) is 9.59 Å². The summed E-state index contributed by atoms with van der Waals surface area (Å²) in [5.41, 5.74) is 0.618. The van der Waals surface area contributed by atoms with Crippen LogP contribution in [0.25, 0.3) is 23.2 Å². The Morgan fingerprint density at radius 1 is 1.19 bits per heavy atom. The first-order valence-electron chi connectivity index (χ1n) is 8.00. The maximum absolute atomic E-state index is 12.5. The van der Waals surface area contributed by atoms with Gasteiger partial charge in [0.05, 0.1) is 4.53 Å². The number of thiazole rings is 1. The third kappa shape index (κ3) is 3.86. The molecule has 0 bridgehead atoms. The Kier molecular flexibility index (Phi) is 4.66. The van der Waals surface area contributed by atoms with Gasteiger partial charge >= 0.3 is 5.97 Å². The predicted octanol–water partition coefficient (Wildman–Crippen LogP) is 2.86. The van der Waals surface area contributed by atoms with Crippen molar-refractivity contribution < 1.29 is 9.53 Å². The summed E-state index contributed by atoms with van der Waals surface area (Å²) < 4.78 is 6.86. The minimum absolute atomic E-state index is 0.206. The van der Waals surface area contributed by atoms with Gasteiger partial charge in [0.1, 0.15) is 5.75 Å². The van der Waals surface area contributed by atoms with E-state index in [4.69, 9.17) is 4.74 Å². The van der Waals surface area contributed by atoms with Crippen LogP contribution in [0.3, 0.4) is 0 Å². The summed E-state index contributed by atoms with van der Waals surface area (Å²) in [5.74, 6) is 0.596. The number of fused-ring (bicyclic) bond motifs is 1. The number of aromatic nitrogens is 3. The van der Waals surface area contributed by atoms with E-state index in [0.29, 0.717) is 21.1 Å². The van der Waals surface area contributed by atoms with Gasteiger partial charge in [0, 0.05) is 11.8 Å². The van der Waals surface area contributed by atoms with Crippen LogP contribution in [0.4, 0.5) is 0 Å². The summed E-state index contributed by atoms with van der Waals surface area (Å²) in [7, 11) is 0. The fraction of sp³-hybridized carbons (Fsp3) is 0.0526. The zero-order valence-corrected chi connectivity index (χ0v) is 15.8. The Bertz CT molecular complexity index is 1240. The second-order valence-electron chi connectivity index (χ2n) is 5.59. The molecular weight excluding hydrogens is 382 g/mol. The van der Waals surface area contributed by atoms with E-state index in [9.17, 15) is 9.59 Å². The summed E-state index contributed by atoms with van der Waals surface area (Å²) in [6, 6.07) is 10.9. The normalized spacial score (nSPS) is 12.3. The van der Waals surface area contributed by atoms with Crippen LogP contribution in [0.15, 0.2) is 46.6 Å². The largest absolute Gasteiger partial charge is 0.427 e. The summed E-state index contributed by atoms with van der Waals surface area (Å²) >= 11 is 2.90. The molecule has 0 spiro atoms. The highest BCUT2D eigenvalue weighted by molar-refractivity contribution is 7.15. The van der Waals surface area contributed by atoms with Crippen LogP contribution in [-0.2, 0) is 4.79 Å². The van der Waals surface area contributed by atoms with Gasteiger partial charge in [-0.2, -0.15) is 9.50 Å². The lowest BCUT2D eigenvalue weighted by Gasteiger charge is -2.00. The first-order chi connectivity index (χ1) is 13.1. The van der Waals surface area contributed by atoms with Gasteiger partial charge < -0.3 is 4.74 Å². The molecule has 3 heterocycles. The van der Waals surface area contributed by atoms with Gasteiger partial charge in [0.2, 0.25) is 4.96 Å². The molecule has 0 unspecified atom stereocenters. The average molecular weight is 395 g/mol. The summed E-state index contributed by atoms with van der Waals surface area (Å²) in [6.45, 7) is 1.35. The van der Waals surface area contributed by atoms with E-state index in [0.717, 1.165) is 10.4 Å². The number of ether oxygens (including phenoxy) is 1. The molecule has 0 saturated heterocycles. The fourth-order valence-electron chi connectivity index (χ4n) is 2.41. The fourth-order valence-corrected chi connectivity index (χ4v) is 3.94. The highest BCUT2D eigenvalue weighted by Gasteiger charge is 2.09. The SMILES string of the molecule is CC(=O)Oc1ccc(/C=c2/sc3nc(/C=C/c4cccs4)nn3c2=O)cc1. The van der Waals surface area contributed by atoms with Crippen molar-refractivity contribution in [2.45, 2.75) is 6.92 Å². The van der Waals surface area contributed by atoms with Crippen LogP contribution < -0.4 is 14.8 Å². The smallest absolute Gasteiger partial charge is 0.308 e. The second-order valence-corrected chi connectivity index (χ2v) is 7.58. The molecule has 0 aliphatic rings. The monoisotopic (exact) mass is 395 g/mol. The standard InChI is InChI=1S/C19H13N3O3S2/c1-12(23)25-14-6-4-13(5-7-14)11-16-18(24)22-19(27-16)20-17(21-22)9-8-15-3-2-10-26-15/h2-11H,1H3/b9-8+,16-11+. The molecule has 0 radical (unpaired) electrons. The quantitative estimate of drug-likeness (QED) is 0.392. The van der Waals surface area contributed by atoms with Crippen molar-refractivity contribution in [1.82, 2.24) is 14.6 Å². The first-order valence-corrected chi connectivity index (χ1v) is 9.69. The Hall–Kier alpha value is -3.10. The number of carbonyl (C=O) groups is 1. The van der Waals surface area contributed by atoms with Crippen molar-refractivity contribution in [2.24, 2.45) is 0 Å². The predicted molar refractivity (Wildman–Crippen MR) is 107 cm³/mol. The van der Waals surface area contributed by atoms with E-state index in [1.807, 2.05) is 23.6 Å². The summed E-state index contributed by atoms with van der Waals surface area (Å²) in [6.07, 6.45) is 5.48. The lowest BCUT2D eigenvalue weighted by atomic mass is 10.2. The van der Waals surface area contributed by atoms with Gasteiger partial charge in [-0.25, -0.2) is 0 Å². The number of rotatable bonds is 4. The van der Waals surface area contributed by atoms with Crippen LogP contribution in [0.2, 0.25) is 0 Å². The van der Waals surface area contributed by atoms with E-state index in [2.05, 4.69) is 10.1 Å². The first kappa shape index (κ1) is 17.3. The molecule has 0 aliphatic carbocycles. The molecule has 0 amide bonds. The topological polar surface area (TPSA) is 73.6 Å². The Balaban J connectivity index is 1.62. The number of hydrogen-bond acceptors (Lipinski definition) is 7. The molecule has 8 heteroatoms. The van der Waals surface area contributed by atoms with Crippen LogP contribution in [0.5, 0.6) is 5.75 Å². The van der Waals surface area contributed by atoms with E-state index in [1.165, 1.54) is 22.8 Å². The van der Waals surface area contributed by atoms with Gasteiger partial charge in [0.25, 0.3) is 5.56 Å². The lowest BCUT2D eigenvalue weighted by molar-refractivity contribution is -0.131. The van der Waals surface area contributed by atoms with Gasteiger partial charge in [-0.1, -0.05) is 29.5 Å². The lowest BCUT2D eigenvalue weighted by Crippen LogP contribution is -2.23. The maximum Gasteiger partial charge on any atom is 0.308 e. The average Bonchev–Trinajstić information content (AvgIpc) is 3.34. The van der Waals surface area contributed by atoms with Crippen LogP contribution in [0, 0.1) is 0 Å². The van der Waals surface area contributed by atoms with E-state index in [1.54, 1.807) is 47.8 Å². The molecule has 3 aromatic heterocycles. The van der Waals surface area contributed by atoms with Crippen molar-refractivity contribution in [3.63, 3.8) is 0 Å². The number of thiophene rings is 1. The number of nitrogens with zero attached hydrogens (tertiary/aromatic N) is 3. The van der Waals surface area contributed by atoms with Gasteiger partial charge in [0.15, 0.2) is 5.82 Å². The van der Waals surface area contributed by atoms with Gasteiger partial charge in [-0.15, -0.1) is 16.4 Å². The molecule has 0 N–H and O–H groups in total. The molecule has 134 valence electrons. The van der Waals surface area contributed by atoms with Crippen molar-refractivity contribution in [2.75, 3.05) is 0 Å². The molecule has 27 heavy (non-hydrogen) atoms.